The Balaban J connectivity index is 2.37. The molecule has 0 saturated carbocycles. The molecule has 0 bridgehead atoms. The molecule has 7 heteroatoms. The van der Waals surface area contributed by atoms with E-state index in [9.17, 15) is 8.78 Å². The van der Waals surface area contributed by atoms with E-state index in [0.29, 0.717) is 6.42 Å². The summed E-state index contributed by atoms with van der Waals surface area (Å²) in [6.07, 6.45) is 1.68. The number of nitrogens with zero attached hydrogens (tertiary/aromatic N) is 2. The molecule has 0 aliphatic heterocycles. The van der Waals surface area contributed by atoms with E-state index < -0.39 is 13.0 Å². The molecule has 0 aromatic carbocycles. The van der Waals surface area contributed by atoms with Gasteiger partial charge in [-0.3, -0.25) is 16.0 Å². The predicted octanol–water partition coefficient (Wildman–Crippen LogP) is 1.08. The van der Waals surface area contributed by atoms with Crippen molar-refractivity contribution in [1.29, 1.82) is 0 Å². The molecule has 1 atom stereocenters. The van der Waals surface area contributed by atoms with Crippen LogP contribution >= 0.6 is 0 Å². The van der Waals surface area contributed by atoms with Crippen LogP contribution in [-0.4, -0.2) is 29.4 Å². The first-order valence-corrected chi connectivity index (χ1v) is 5.51. The van der Waals surface area contributed by atoms with E-state index in [1.165, 1.54) is 0 Å². The average Bonchev–Trinajstić information content (AvgIpc) is 2.77. The number of hydrogen-bond acceptors (Lipinski definition) is 4. The molecular formula is C10H18F2N4O. The van der Waals surface area contributed by atoms with Crippen LogP contribution in [0.3, 0.4) is 0 Å². The molecule has 0 aliphatic carbocycles. The van der Waals surface area contributed by atoms with E-state index in [4.69, 9.17) is 10.6 Å². The van der Waals surface area contributed by atoms with E-state index in [2.05, 4.69) is 10.5 Å². The maximum Gasteiger partial charge on any atom is 0.261 e. The second-order valence-corrected chi connectivity index (χ2v) is 3.60. The Morgan fingerprint density at radius 1 is 1.59 bits per heavy atom. The monoisotopic (exact) mass is 248 g/mol. The summed E-state index contributed by atoms with van der Waals surface area (Å²) in [7, 11) is 0. The number of ether oxygens (including phenoxy) is 1. The largest absolute Gasteiger partial charge is 0.375 e. The minimum absolute atomic E-state index is 0.132. The van der Waals surface area contributed by atoms with Crippen LogP contribution in [0.2, 0.25) is 0 Å². The zero-order chi connectivity index (χ0) is 12.7. The van der Waals surface area contributed by atoms with Gasteiger partial charge in [0.1, 0.15) is 6.61 Å². The molecule has 3 N–H and O–H groups in total. The zero-order valence-corrected chi connectivity index (χ0v) is 9.77. The number of alkyl halides is 2. The molecule has 5 nitrogen and oxygen atoms in total. The molecule has 1 unspecified atom stereocenters. The fourth-order valence-electron chi connectivity index (χ4n) is 1.45. The third-order valence-electron chi connectivity index (χ3n) is 2.38. The van der Waals surface area contributed by atoms with Crippen molar-refractivity contribution in [2.75, 3.05) is 13.2 Å². The summed E-state index contributed by atoms with van der Waals surface area (Å²) in [5.74, 6) is 5.41. The Morgan fingerprint density at radius 3 is 2.88 bits per heavy atom. The number of aryl methyl sites for hydroxylation is 1. The van der Waals surface area contributed by atoms with Crippen LogP contribution in [0.1, 0.15) is 24.9 Å². The van der Waals surface area contributed by atoms with Gasteiger partial charge < -0.3 is 4.74 Å². The van der Waals surface area contributed by atoms with Gasteiger partial charge in [0.25, 0.3) is 6.43 Å². The van der Waals surface area contributed by atoms with Gasteiger partial charge in [-0.15, -0.1) is 0 Å². The van der Waals surface area contributed by atoms with Gasteiger partial charge in [-0.1, -0.05) is 0 Å². The number of nitrogens with two attached hydrogens (primary N) is 1. The molecule has 0 saturated heterocycles. The first kappa shape index (κ1) is 14.0. The normalized spacial score (nSPS) is 13.2. The fraction of sp³-hybridized carbons (Fsp3) is 0.700. The summed E-state index contributed by atoms with van der Waals surface area (Å²) in [6.45, 7) is 2.45. The summed E-state index contributed by atoms with van der Waals surface area (Å²) in [5.41, 5.74) is 3.55. The van der Waals surface area contributed by atoms with E-state index in [-0.39, 0.29) is 12.6 Å². The number of nitrogens with one attached hydrogen (secondary N) is 1. The minimum atomic E-state index is -2.43. The molecule has 0 fully saturated rings. The first-order chi connectivity index (χ1) is 8.17. The fourth-order valence-corrected chi connectivity index (χ4v) is 1.45. The molecule has 0 radical (unpaired) electrons. The van der Waals surface area contributed by atoms with E-state index >= 15 is 0 Å². The third kappa shape index (κ3) is 4.76. The molecule has 0 spiro atoms. The van der Waals surface area contributed by atoms with Crippen LogP contribution in [0.25, 0.3) is 0 Å². The first-order valence-electron chi connectivity index (χ1n) is 5.51. The smallest absolute Gasteiger partial charge is 0.261 e. The topological polar surface area (TPSA) is 65.1 Å². The van der Waals surface area contributed by atoms with E-state index in [1.54, 1.807) is 10.9 Å². The highest BCUT2D eigenvalue weighted by molar-refractivity contribution is 5.09. The molecule has 1 aromatic rings. The van der Waals surface area contributed by atoms with E-state index in [0.717, 1.165) is 12.1 Å². The summed E-state index contributed by atoms with van der Waals surface area (Å²) in [6, 6.07) is -0.132. The van der Waals surface area contributed by atoms with Gasteiger partial charge in [0.15, 0.2) is 0 Å². The molecule has 17 heavy (non-hydrogen) atoms. The van der Waals surface area contributed by atoms with Gasteiger partial charge in [-0.25, -0.2) is 8.78 Å². The standard InChI is InChI=1S/C10H18F2N4O/c1-2-16-6-8(5-14-16)9(15-13)3-4-17-7-10(11)12/h5-6,9-10,15H,2-4,7,13H2,1H3. The summed E-state index contributed by atoms with van der Waals surface area (Å²) < 4.78 is 30.3. The molecular weight excluding hydrogens is 230 g/mol. The second kappa shape index (κ2) is 7.31. The molecule has 0 aliphatic rings. The van der Waals surface area contributed by atoms with Crippen molar-refractivity contribution in [3.63, 3.8) is 0 Å². The summed E-state index contributed by atoms with van der Waals surface area (Å²) >= 11 is 0. The van der Waals surface area contributed by atoms with Gasteiger partial charge in [0.2, 0.25) is 0 Å². The van der Waals surface area contributed by atoms with Crippen LogP contribution in [0, 0.1) is 0 Å². The van der Waals surface area contributed by atoms with Gasteiger partial charge in [0, 0.05) is 24.9 Å². The van der Waals surface area contributed by atoms with Crippen molar-refractivity contribution in [2.24, 2.45) is 5.84 Å². The molecule has 1 rings (SSSR count). The summed E-state index contributed by atoms with van der Waals surface area (Å²) in [4.78, 5) is 0. The zero-order valence-electron chi connectivity index (χ0n) is 9.77. The molecule has 0 amide bonds. The maximum atomic E-state index is 11.8. The highest BCUT2D eigenvalue weighted by Gasteiger charge is 2.12. The Bertz CT molecular complexity index is 319. The van der Waals surface area contributed by atoms with Crippen LogP contribution < -0.4 is 11.3 Å². The van der Waals surface area contributed by atoms with Crippen molar-refractivity contribution in [3.8, 4) is 0 Å². The quantitative estimate of drug-likeness (QED) is 0.410. The lowest BCUT2D eigenvalue weighted by Crippen LogP contribution is -2.29. The number of rotatable bonds is 8. The van der Waals surface area contributed by atoms with Crippen molar-refractivity contribution in [1.82, 2.24) is 15.2 Å². The number of hydrazine groups is 1. The Hall–Kier alpha value is -1.05. The van der Waals surface area contributed by atoms with Crippen molar-refractivity contribution in [3.05, 3.63) is 18.0 Å². The highest BCUT2D eigenvalue weighted by atomic mass is 19.3. The van der Waals surface area contributed by atoms with E-state index in [1.807, 2.05) is 13.1 Å². The lowest BCUT2D eigenvalue weighted by Gasteiger charge is -2.13. The lowest BCUT2D eigenvalue weighted by atomic mass is 10.1. The second-order valence-electron chi connectivity index (χ2n) is 3.60. The van der Waals surface area contributed by atoms with Gasteiger partial charge in [-0.05, 0) is 13.3 Å². The number of halogens is 2. The van der Waals surface area contributed by atoms with Crippen LogP contribution in [0.5, 0.6) is 0 Å². The molecule has 1 aromatic heterocycles. The highest BCUT2D eigenvalue weighted by Crippen LogP contribution is 2.15. The van der Waals surface area contributed by atoms with Crippen LogP contribution in [0.15, 0.2) is 12.4 Å². The predicted molar refractivity (Wildman–Crippen MR) is 59.4 cm³/mol. The van der Waals surface area contributed by atoms with Crippen molar-refractivity contribution in [2.45, 2.75) is 32.4 Å². The lowest BCUT2D eigenvalue weighted by molar-refractivity contribution is 0.0143. The van der Waals surface area contributed by atoms with Crippen LogP contribution in [-0.2, 0) is 11.3 Å². The Morgan fingerprint density at radius 2 is 2.35 bits per heavy atom. The SMILES string of the molecule is CCn1cc(C(CCOCC(F)F)NN)cn1. The van der Waals surface area contributed by atoms with Gasteiger partial charge in [-0.2, -0.15) is 5.10 Å². The Kier molecular flexibility index (Phi) is 6.03. The number of aromatic nitrogens is 2. The maximum absolute atomic E-state index is 11.8. The van der Waals surface area contributed by atoms with Crippen molar-refractivity contribution >= 4 is 0 Å². The van der Waals surface area contributed by atoms with Gasteiger partial charge in [0.05, 0.1) is 12.2 Å². The number of hydrogen-bond donors (Lipinski definition) is 2. The van der Waals surface area contributed by atoms with Crippen molar-refractivity contribution < 1.29 is 13.5 Å². The minimum Gasteiger partial charge on any atom is -0.375 e. The molecule has 98 valence electrons. The average molecular weight is 248 g/mol. The van der Waals surface area contributed by atoms with Gasteiger partial charge >= 0.3 is 0 Å². The third-order valence-corrected chi connectivity index (χ3v) is 2.38. The molecule has 1 heterocycles. The Labute approximate surface area is 98.9 Å². The summed E-state index contributed by atoms with van der Waals surface area (Å²) in [5, 5.41) is 4.12. The van der Waals surface area contributed by atoms with Crippen LogP contribution in [0.4, 0.5) is 8.78 Å².